The molecule has 0 spiro atoms. The molecule has 24 heavy (non-hydrogen) atoms. The van der Waals surface area contributed by atoms with Crippen LogP contribution in [0.15, 0.2) is 71.8 Å². The molecule has 0 saturated carbocycles. The third-order valence-corrected chi connectivity index (χ3v) is 4.70. The Balaban J connectivity index is 1.69. The van der Waals surface area contributed by atoms with Gasteiger partial charge < -0.3 is 5.32 Å². The van der Waals surface area contributed by atoms with E-state index in [0.717, 1.165) is 16.1 Å². The van der Waals surface area contributed by atoms with Gasteiger partial charge in [0.15, 0.2) is 5.82 Å². The van der Waals surface area contributed by atoms with Gasteiger partial charge in [0.2, 0.25) is 5.91 Å². The van der Waals surface area contributed by atoms with Crippen LogP contribution in [0.4, 0.5) is 5.82 Å². The number of thioether (sulfide) groups is 1. The summed E-state index contributed by atoms with van der Waals surface area (Å²) in [5, 5.41) is 7.21. The largest absolute Gasteiger partial charge is 0.308 e. The Hall–Kier alpha value is -2.53. The van der Waals surface area contributed by atoms with E-state index in [2.05, 4.69) is 10.4 Å². The van der Waals surface area contributed by atoms with Crippen LogP contribution in [-0.4, -0.2) is 20.9 Å². The normalized spacial score (nSPS) is 11.9. The summed E-state index contributed by atoms with van der Waals surface area (Å²) in [4.78, 5) is 13.5. The molecule has 1 heterocycles. The first-order valence-electron chi connectivity index (χ1n) is 7.78. The molecular formula is C19H19N3OS. The van der Waals surface area contributed by atoms with E-state index >= 15 is 0 Å². The molecule has 0 unspecified atom stereocenters. The first-order valence-corrected chi connectivity index (χ1v) is 8.66. The molecule has 122 valence electrons. The van der Waals surface area contributed by atoms with Crippen LogP contribution < -0.4 is 5.32 Å². The molecule has 4 nitrogen and oxygen atoms in total. The van der Waals surface area contributed by atoms with Crippen molar-refractivity contribution in [3.05, 3.63) is 72.4 Å². The first-order chi connectivity index (χ1) is 11.6. The predicted octanol–water partition coefficient (Wildman–Crippen LogP) is 4.30. The molecule has 0 aliphatic carbocycles. The quantitative estimate of drug-likeness (QED) is 0.706. The fourth-order valence-corrected chi connectivity index (χ4v) is 3.16. The Kier molecular flexibility index (Phi) is 5.01. The highest BCUT2D eigenvalue weighted by Gasteiger charge is 2.17. The molecular weight excluding hydrogens is 318 g/mol. The summed E-state index contributed by atoms with van der Waals surface area (Å²) < 4.78 is 1.78. The number of para-hydroxylation sites is 1. The second kappa shape index (κ2) is 7.36. The lowest BCUT2D eigenvalue weighted by Crippen LogP contribution is -2.23. The van der Waals surface area contributed by atoms with Crippen molar-refractivity contribution in [3.8, 4) is 5.69 Å². The van der Waals surface area contributed by atoms with Crippen molar-refractivity contribution in [2.75, 3.05) is 5.32 Å². The number of rotatable bonds is 5. The van der Waals surface area contributed by atoms with Crippen molar-refractivity contribution < 1.29 is 4.79 Å². The Labute approximate surface area is 145 Å². The summed E-state index contributed by atoms with van der Waals surface area (Å²) in [6.07, 6.45) is 1.92. The van der Waals surface area contributed by atoms with E-state index in [1.807, 2.05) is 80.7 Å². The van der Waals surface area contributed by atoms with Crippen molar-refractivity contribution in [3.63, 3.8) is 0 Å². The molecule has 1 amide bonds. The lowest BCUT2D eigenvalue weighted by Gasteiger charge is -2.11. The topological polar surface area (TPSA) is 46.9 Å². The Bertz CT molecular complexity index is 815. The zero-order chi connectivity index (χ0) is 16.9. The second-order valence-electron chi connectivity index (χ2n) is 5.50. The molecule has 1 aromatic heterocycles. The molecule has 0 aliphatic rings. The highest BCUT2D eigenvalue weighted by Crippen LogP contribution is 2.24. The number of anilines is 1. The standard InChI is InChI=1S/C19H19N3OS/c1-14-13-22(16-9-5-3-6-10-16)21-18(14)20-19(23)15(2)24-17-11-7-4-8-12-17/h3-13,15H,1-2H3,(H,20,21,23)/t15-/m0/s1. The minimum atomic E-state index is -0.200. The third-order valence-electron chi connectivity index (χ3n) is 3.58. The van der Waals surface area contributed by atoms with E-state index in [9.17, 15) is 4.79 Å². The second-order valence-corrected chi connectivity index (χ2v) is 6.92. The van der Waals surface area contributed by atoms with Crippen LogP contribution in [0.1, 0.15) is 12.5 Å². The summed E-state index contributed by atoms with van der Waals surface area (Å²) in [5.74, 6) is 0.551. The molecule has 3 rings (SSSR count). The number of hydrogen-bond donors (Lipinski definition) is 1. The number of nitrogens with one attached hydrogen (secondary N) is 1. The van der Waals surface area contributed by atoms with E-state index in [-0.39, 0.29) is 11.2 Å². The van der Waals surface area contributed by atoms with Gasteiger partial charge in [-0.15, -0.1) is 16.9 Å². The third kappa shape index (κ3) is 3.86. The molecule has 0 fully saturated rings. The Morgan fingerprint density at radius 3 is 2.38 bits per heavy atom. The lowest BCUT2D eigenvalue weighted by molar-refractivity contribution is -0.115. The molecule has 5 heteroatoms. The molecule has 1 atom stereocenters. The van der Waals surface area contributed by atoms with Crippen molar-refractivity contribution >= 4 is 23.5 Å². The maximum absolute atomic E-state index is 12.4. The van der Waals surface area contributed by atoms with Crippen LogP contribution in [0, 0.1) is 6.92 Å². The zero-order valence-electron chi connectivity index (χ0n) is 13.6. The van der Waals surface area contributed by atoms with E-state index in [4.69, 9.17) is 0 Å². The highest BCUT2D eigenvalue weighted by atomic mass is 32.2. The van der Waals surface area contributed by atoms with Gasteiger partial charge in [-0.1, -0.05) is 36.4 Å². The number of aromatic nitrogens is 2. The smallest absolute Gasteiger partial charge is 0.238 e. The monoisotopic (exact) mass is 337 g/mol. The predicted molar refractivity (Wildman–Crippen MR) is 98.7 cm³/mol. The fourth-order valence-electron chi connectivity index (χ4n) is 2.27. The number of nitrogens with zero attached hydrogens (tertiary/aromatic N) is 2. The van der Waals surface area contributed by atoms with E-state index < -0.39 is 0 Å². The van der Waals surface area contributed by atoms with Crippen molar-refractivity contribution in [1.82, 2.24) is 9.78 Å². The number of amides is 1. The summed E-state index contributed by atoms with van der Waals surface area (Å²) in [7, 11) is 0. The van der Waals surface area contributed by atoms with Gasteiger partial charge in [0.05, 0.1) is 10.9 Å². The van der Waals surface area contributed by atoms with E-state index in [1.54, 1.807) is 4.68 Å². The van der Waals surface area contributed by atoms with Crippen LogP contribution in [0.3, 0.4) is 0 Å². The average molecular weight is 337 g/mol. The number of carbonyl (C=O) groups is 1. The minimum absolute atomic E-state index is 0.0507. The zero-order valence-corrected chi connectivity index (χ0v) is 14.5. The van der Waals surface area contributed by atoms with Crippen LogP contribution in [0.2, 0.25) is 0 Å². The lowest BCUT2D eigenvalue weighted by atomic mass is 10.3. The van der Waals surface area contributed by atoms with E-state index in [0.29, 0.717) is 5.82 Å². The highest BCUT2D eigenvalue weighted by molar-refractivity contribution is 8.00. The van der Waals surface area contributed by atoms with Gasteiger partial charge >= 0.3 is 0 Å². The molecule has 0 radical (unpaired) electrons. The van der Waals surface area contributed by atoms with Gasteiger partial charge in [-0.05, 0) is 38.1 Å². The van der Waals surface area contributed by atoms with Crippen LogP contribution in [0.5, 0.6) is 0 Å². The molecule has 0 saturated heterocycles. The SMILES string of the molecule is Cc1cn(-c2ccccc2)nc1NC(=O)[C@H](C)Sc1ccccc1. The summed E-state index contributed by atoms with van der Waals surface area (Å²) in [6.45, 7) is 3.84. The number of carbonyl (C=O) groups excluding carboxylic acids is 1. The summed E-state index contributed by atoms with van der Waals surface area (Å²) >= 11 is 1.53. The number of benzene rings is 2. The molecule has 0 bridgehead atoms. The minimum Gasteiger partial charge on any atom is -0.308 e. The number of hydrogen-bond acceptors (Lipinski definition) is 3. The first kappa shape index (κ1) is 16.3. The van der Waals surface area contributed by atoms with Gasteiger partial charge in [-0.2, -0.15) is 0 Å². The van der Waals surface area contributed by atoms with Gasteiger partial charge in [0.25, 0.3) is 0 Å². The number of aryl methyl sites for hydroxylation is 1. The van der Waals surface area contributed by atoms with Gasteiger partial charge in [-0.25, -0.2) is 4.68 Å². The van der Waals surface area contributed by atoms with E-state index in [1.165, 1.54) is 11.8 Å². The summed E-state index contributed by atoms with van der Waals surface area (Å²) in [6, 6.07) is 19.8. The fraction of sp³-hybridized carbons (Fsp3) is 0.158. The Morgan fingerprint density at radius 1 is 1.08 bits per heavy atom. The maximum atomic E-state index is 12.4. The van der Waals surface area contributed by atoms with Gasteiger partial charge in [-0.3, -0.25) is 4.79 Å². The van der Waals surface area contributed by atoms with Crippen LogP contribution in [0.25, 0.3) is 5.69 Å². The van der Waals surface area contributed by atoms with Crippen molar-refractivity contribution in [1.29, 1.82) is 0 Å². The van der Waals surface area contributed by atoms with Crippen molar-refractivity contribution in [2.45, 2.75) is 24.0 Å². The summed E-state index contributed by atoms with van der Waals surface area (Å²) in [5.41, 5.74) is 1.90. The molecule has 2 aromatic carbocycles. The average Bonchev–Trinajstić information content (AvgIpc) is 2.97. The maximum Gasteiger partial charge on any atom is 0.238 e. The van der Waals surface area contributed by atoms with Crippen molar-refractivity contribution in [2.24, 2.45) is 0 Å². The van der Waals surface area contributed by atoms with Gasteiger partial charge in [0.1, 0.15) is 0 Å². The van der Waals surface area contributed by atoms with Gasteiger partial charge in [0, 0.05) is 16.7 Å². The molecule has 3 aromatic rings. The molecule has 1 N–H and O–H groups in total. The van der Waals surface area contributed by atoms with Crippen LogP contribution >= 0.6 is 11.8 Å². The molecule has 0 aliphatic heterocycles. The van der Waals surface area contributed by atoms with Crippen LogP contribution in [-0.2, 0) is 4.79 Å². The Morgan fingerprint density at radius 2 is 1.71 bits per heavy atom.